The Labute approximate surface area is 523 Å². The molecule has 6 aromatic rings. The molecule has 1 atom stereocenters. The third-order valence-electron chi connectivity index (χ3n) is 18.7. The number of aromatic nitrogens is 2. The van der Waals surface area contributed by atoms with E-state index in [0.717, 1.165) is 131 Å². The lowest BCUT2D eigenvalue weighted by atomic mass is 9.72. The van der Waals surface area contributed by atoms with E-state index in [9.17, 15) is 37.7 Å². The molecule has 1 aliphatic carbocycles. The summed E-state index contributed by atoms with van der Waals surface area (Å²) in [7, 11) is -4.62. The number of rotatable bonds is 17. The van der Waals surface area contributed by atoms with E-state index >= 15 is 0 Å². The normalized spacial score (nSPS) is 19.9. The first-order chi connectivity index (χ1) is 42.9. The number of likely N-dealkylation sites (tertiary alicyclic amines) is 2. The number of benzene rings is 4. The maximum Gasteiger partial charge on any atom is 0.293 e. The van der Waals surface area contributed by atoms with Gasteiger partial charge in [0, 0.05) is 117 Å². The van der Waals surface area contributed by atoms with Gasteiger partial charge < -0.3 is 34.6 Å². The van der Waals surface area contributed by atoms with Gasteiger partial charge in [-0.15, -0.1) is 0 Å². The molecule has 22 heteroatoms. The minimum atomic E-state index is -4.62. The number of imide groups is 1. The number of piperazine rings is 1. The number of hydrogen-bond donors (Lipinski definition) is 4. The lowest BCUT2D eigenvalue weighted by Crippen LogP contribution is -2.52. The highest BCUT2D eigenvalue weighted by Gasteiger charge is 2.40. The van der Waals surface area contributed by atoms with Crippen LogP contribution in [0.15, 0.2) is 114 Å². The number of sulfonamides is 1. The number of nitrogens with zero attached hydrogens (tertiary/aromatic N) is 7. The number of fused-ring (bicyclic) bond motifs is 2. The molecular weight excluding hydrogens is 1170 g/mol. The van der Waals surface area contributed by atoms with Crippen LogP contribution < -0.4 is 25.0 Å². The van der Waals surface area contributed by atoms with Gasteiger partial charge in [-0.3, -0.25) is 39.5 Å². The number of carbonyl (C=O) groups excluding carboxylic acids is 4. The Morgan fingerprint density at radius 2 is 1.67 bits per heavy atom. The van der Waals surface area contributed by atoms with Crippen LogP contribution in [-0.4, -0.2) is 151 Å². The number of nitrogens with one attached hydrogen (secondary N) is 4. The predicted molar refractivity (Wildman–Crippen MR) is 341 cm³/mol. The smallest absolute Gasteiger partial charge is 0.293 e. The summed E-state index contributed by atoms with van der Waals surface area (Å²) in [6.07, 6.45) is 11.5. The van der Waals surface area contributed by atoms with E-state index in [4.69, 9.17) is 16.3 Å². The zero-order valence-corrected chi connectivity index (χ0v) is 51.8. The number of nitro groups is 1. The average molecular weight is 1240 g/mol. The molecule has 4 amide bonds. The van der Waals surface area contributed by atoms with Crippen LogP contribution in [0.3, 0.4) is 0 Å². The molecule has 0 spiro atoms. The summed E-state index contributed by atoms with van der Waals surface area (Å²) in [5.41, 5.74) is 7.62. The van der Waals surface area contributed by atoms with Crippen LogP contribution >= 0.6 is 11.6 Å². The molecular formula is C67H74ClN11O9S. The van der Waals surface area contributed by atoms with Crippen LogP contribution in [0, 0.1) is 33.3 Å². The molecule has 4 aromatic carbocycles. The molecule has 464 valence electrons. The summed E-state index contributed by atoms with van der Waals surface area (Å²) in [5.74, 6) is 5.38. The van der Waals surface area contributed by atoms with Crippen LogP contribution in [0.1, 0.15) is 115 Å². The maximum atomic E-state index is 14.2. The zero-order valence-electron chi connectivity index (χ0n) is 50.2. The number of amides is 4. The molecule has 4 N–H and O–H groups in total. The predicted octanol–water partition coefficient (Wildman–Crippen LogP) is 9.61. The lowest BCUT2D eigenvalue weighted by Gasteiger charge is -2.41. The van der Waals surface area contributed by atoms with Crippen molar-refractivity contribution in [3.05, 3.63) is 152 Å². The molecule has 20 nitrogen and oxygen atoms in total. The second kappa shape index (κ2) is 26.1. The van der Waals surface area contributed by atoms with Gasteiger partial charge in [-0.05, 0) is 166 Å². The molecule has 0 saturated carbocycles. The monoisotopic (exact) mass is 1240 g/mol. The first kappa shape index (κ1) is 61.1. The van der Waals surface area contributed by atoms with Crippen molar-refractivity contribution in [2.24, 2.45) is 11.3 Å². The quantitative estimate of drug-likeness (QED) is 0.0288. The van der Waals surface area contributed by atoms with Gasteiger partial charge in [0.05, 0.1) is 21.6 Å². The molecule has 4 fully saturated rings. The molecule has 6 aliphatic rings. The van der Waals surface area contributed by atoms with Crippen molar-refractivity contribution in [1.29, 1.82) is 0 Å². The average Bonchev–Trinajstić information content (AvgIpc) is 2.60. The van der Waals surface area contributed by atoms with Gasteiger partial charge in [0.1, 0.15) is 28.9 Å². The zero-order chi connectivity index (χ0) is 62.0. The lowest BCUT2D eigenvalue weighted by molar-refractivity contribution is -0.384. The highest BCUT2D eigenvalue weighted by molar-refractivity contribution is 7.90. The molecule has 0 bridgehead atoms. The Kier molecular flexibility index (Phi) is 18.0. The summed E-state index contributed by atoms with van der Waals surface area (Å²) in [5, 5.41) is 19.6. The van der Waals surface area contributed by atoms with E-state index in [1.165, 1.54) is 35.0 Å². The van der Waals surface area contributed by atoms with Gasteiger partial charge in [-0.2, -0.15) is 0 Å². The number of carbonyl (C=O) groups is 4. The number of H-pyrrole nitrogens is 1. The first-order valence-corrected chi connectivity index (χ1v) is 32.8. The number of allylic oxidation sites excluding steroid dienone is 1. The third kappa shape index (κ3) is 14.0. The van der Waals surface area contributed by atoms with E-state index in [1.807, 2.05) is 30.3 Å². The Balaban J connectivity index is 0.631. The number of piperidine rings is 3. The molecule has 1 unspecified atom stereocenters. The Morgan fingerprint density at radius 3 is 2.44 bits per heavy atom. The molecule has 5 aliphatic heterocycles. The second-order valence-electron chi connectivity index (χ2n) is 25.1. The minimum absolute atomic E-state index is 0.0492. The van der Waals surface area contributed by atoms with Gasteiger partial charge in [0.2, 0.25) is 11.8 Å². The van der Waals surface area contributed by atoms with Gasteiger partial charge in [-0.25, -0.2) is 18.1 Å². The van der Waals surface area contributed by atoms with Gasteiger partial charge in [-0.1, -0.05) is 61.1 Å². The van der Waals surface area contributed by atoms with E-state index in [1.54, 1.807) is 41.4 Å². The van der Waals surface area contributed by atoms with Crippen molar-refractivity contribution in [3.63, 3.8) is 0 Å². The van der Waals surface area contributed by atoms with Crippen LogP contribution in [0.25, 0.3) is 16.6 Å². The number of anilines is 2. The van der Waals surface area contributed by atoms with Crippen molar-refractivity contribution >= 4 is 78.9 Å². The standard InChI is InChI=1S/C67H74ClN11O9S/c1-67(2)25-19-48(56(39-67)46-9-11-49(68)12-10-46)42-75-32-34-77(35-33-75)51-13-15-55(61(37-51)88-52-36-47-20-26-69-63(47)71-41-52)64(81)73-89(86,87)53-14-16-58(60(38-53)79(84)85)70-40-44-21-30-76(31-22-44)50-23-28-74(29-24-50)27-4-3-6-45-7-5-8-54-57(45)43-78(66(54)83)59-17-18-62(80)72-65(59)82/h5,7-16,20,26,36-38,41,44,50,59,70H,4,17-19,21-25,27-35,39-40,42-43H2,1-2H3,(H,69,71)(H,73,81)(H,72,80,82). The molecule has 12 rings (SSSR count). The fraction of sp³-hybridized carbons (Fsp3) is 0.418. The third-order valence-corrected chi connectivity index (χ3v) is 20.3. The number of pyridine rings is 1. The SMILES string of the molecule is CC1(C)CCC(CN2CCN(c3ccc(C(=O)NS(=O)(=O)c4ccc(NCC5CCN(C6CCN(CCC#Cc7cccc8c7CN(C7CCC(=O)NC7=O)C8=O)CC6)CC5)c([N+](=O)[O-])c4)c(Oc4cnc5[nH]ccc5c4)c3)CC2)=C(c2ccc(Cl)cc2)C1. The van der Waals surface area contributed by atoms with E-state index in [0.29, 0.717) is 55.5 Å². The van der Waals surface area contributed by atoms with Crippen molar-refractivity contribution in [2.75, 3.05) is 82.2 Å². The number of aromatic amines is 1. The number of nitro benzene ring substituents is 1. The summed E-state index contributed by atoms with van der Waals surface area (Å²) in [6, 6.07) is 25.8. The van der Waals surface area contributed by atoms with Gasteiger partial charge in [0.15, 0.2) is 0 Å². The Bertz CT molecular complexity index is 3930. The summed E-state index contributed by atoms with van der Waals surface area (Å²) in [6.45, 7) is 13.9. The fourth-order valence-corrected chi connectivity index (χ4v) is 14.7. The summed E-state index contributed by atoms with van der Waals surface area (Å²) >= 11 is 6.28. The van der Waals surface area contributed by atoms with E-state index < -0.39 is 43.4 Å². The van der Waals surface area contributed by atoms with Crippen LogP contribution in [0.2, 0.25) is 5.02 Å². The minimum Gasteiger partial charge on any atom is -0.455 e. The Hall–Kier alpha value is -8.13. The number of halogens is 1. The Morgan fingerprint density at radius 1 is 0.888 bits per heavy atom. The highest BCUT2D eigenvalue weighted by Crippen LogP contribution is 2.44. The van der Waals surface area contributed by atoms with Crippen LogP contribution in [0.4, 0.5) is 17.1 Å². The van der Waals surface area contributed by atoms with Crippen molar-refractivity contribution in [1.82, 2.24) is 39.6 Å². The largest absolute Gasteiger partial charge is 0.455 e. The highest BCUT2D eigenvalue weighted by atomic mass is 35.5. The van der Waals surface area contributed by atoms with Crippen molar-refractivity contribution in [2.45, 2.75) is 102 Å². The fourth-order valence-electron chi connectivity index (χ4n) is 13.6. The second-order valence-corrected chi connectivity index (χ2v) is 27.3. The molecule has 4 saturated heterocycles. The molecule has 89 heavy (non-hydrogen) atoms. The van der Waals surface area contributed by atoms with E-state index in [-0.39, 0.29) is 53.1 Å². The van der Waals surface area contributed by atoms with Crippen LogP contribution in [-0.2, 0) is 26.2 Å². The molecule has 7 heterocycles. The van der Waals surface area contributed by atoms with Gasteiger partial charge >= 0.3 is 0 Å². The summed E-state index contributed by atoms with van der Waals surface area (Å²) in [4.78, 5) is 82.0. The number of hydrogen-bond acceptors (Lipinski definition) is 15. The first-order valence-electron chi connectivity index (χ1n) is 30.9. The topological polar surface area (TPSA) is 236 Å². The maximum absolute atomic E-state index is 14.2. The summed E-state index contributed by atoms with van der Waals surface area (Å²) < 4.78 is 36.6. The van der Waals surface area contributed by atoms with E-state index in [2.05, 4.69) is 82.7 Å². The molecule has 0 radical (unpaired) electrons. The van der Waals surface area contributed by atoms with Gasteiger partial charge in [0.25, 0.3) is 27.5 Å². The molecule has 2 aromatic heterocycles. The van der Waals surface area contributed by atoms with Crippen molar-refractivity contribution < 1.29 is 37.3 Å². The van der Waals surface area contributed by atoms with Crippen LogP contribution in [0.5, 0.6) is 11.5 Å². The number of ether oxygens (including phenoxy) is 1. The van der Waals surface area contributed by atoms with Crippen molar-refractivity contribution in [3.8, 4) is 23.3 Å².